The predicted octanol–water partition coefficient (Wildman–Crippen LogP) is 5.08. The van der Waals surface area contributed by atoms with Gasteiger partial charge in [-0.05, 0) is 70.1 Å². The Kier molecular flexibility index (Phi) is 3.53. The number of halogens is 1. The molecule has 0 aliphatic heterocycles. The number of hydrogen-bond donors (Lipinski definition) is 1. The normalized spacial score (nSPS) is 28.0. The SMILES string of the molecule is CC1C[C@H](c2ccc(O)c(Br)c2)CC(C)(C)C1. The van der Waals surface area contributed by atoms with Crippen LogP contribution in [0.5, 0.6) is 5.75 Å². The number of phenols is 1. The van der Waals surface area contributed by atoms with Crippen LogP contribution in [-0.2, 0) is 0 Å². The van der Waals surface area contributed by atoms with Gasteiger partial charge in [0, 0.05) is 0 Å². The highest BCUT2D eigenvalue weighted by atomic mass is 79.9. The summed E-state index contributed by atoms with van der Waals surface area (Å²) in [5.74, 6) is 1.75. The Balaban J connectivity index is 2.24. The van der Waals surface area contributed by atoms with E-state index < -0.39 is 0 Å². The molecule has 2 atom stereocenters. The van der Waals surface area contributed by atoms with Crippen molar-refractivity contribution < 1.29 is 5.11 Å². The van der Waals surface area contributed by atoms with Crippen molar-refractivity contribution in [2.45, 2.75) is 46.0 Å². The molecule has 94 valence electrons. The highest BCUT2D eigenvalue weighted by Gasteiger charge is 2.32. The molecular weight excluding hydrogens is 276 g/mol. The first-order valence-electron chi connectivity index (χ1n) is 6.36. The van der Waals surface area contributed by atoms with E-state index in [2.05, 4.69) is 48.8 Å². The summed E-state index contributed by atoms with van der Waals surface area (Å²) in [4.78, 5) is 0. The fourth-order valence-corrected chi connectivity index (χ4v) is 3.77. The van der Waals surface area contributed by atoms with Crippen molar-refractivity contribution in [2.24, 2.45) is 11.3 Å². The van der Waals surface area contributed by atoms with Crippen molar-refractivity contribution in [2.75, 3.05) is 0 Å². The maximum atomic E-state index is 9.55. The summed E-state index contributed by atoms with van der Waals surface area (Å²) in [5.41, 5.74) is 1.79. The lowest BCUT2D eigenvalue weighted by Gasteiger charge is -2.39. The maximum Gasteiger partial charge on any atom is 0.129 e. The lowest BCUT2D eigenvalue weighted by Crippen LogP contribution is -2.26. The van der Waals surface area contributed by atoms with Gasteiger partial charge in [0.25, 0.3) is 0 Å². The molecule has 1 fully saturated rings. The summed E-state index contributed by atoms with van der Waals surface area (Å²) in [7, 11) is 0. The fraction of sp³-hybridized carbons (Fsp3) is 0.600. The zero-order chi connectivity index (χ0) is 12.6. The van der Waals surface area contributed by atoms with Crippen LogP contribution in [0.25, 0.3) is 0 Å². The van der Waals surface area contributed by atoms with Gasteiger partial charge in [0.15, 0.2) is 0 Å². The monoisotopic (exact) mass is 296 g/mol. The van der Waals surface area contributed by atoms with Crippen molar-refractivity contribution in [3.63, 3.8) is 0 Å². The largest absolute Gasteiger partial charge is 0.507 e. The number of hydrogen-bond acceptors (Lipinski definition) is 1. The first-order valence-corrected chi connectivity index (χ1v) is 7.15. The third-order valence-corrected chi connectivity index (χ3v) is 4.47. The minimum Gasteiger partial charge on any atom is -0.507 e. The van der Waals surface area contributed by atoms with Gasteiger partial charge in [-0.25, -0.2) is 0 Å². The minimum atomic E-state index is 0.330. The molecule has 1 aliphatic carbocycles. The van der Waals surface area contributed by atoms with Crippen molar-refractivity contribution in [3.8, 4) is 5.75 Å². The third kappa shape index (κ3) is 3.04. The quantitative estimate of drug-likeness (QED) is 0.766. The van der Waals surface area contributed by atoms with Crippen LogP contribution in [0.3, 0.4) is 0 Å². The summed E-state index contributed by atoms with van der Waals surface area (Å²) in [6, 6.07) is 5.94. The Hall–Kier alpha value is -0.500. The number of rotatable bonds is 1. The van der Waals surface area contributed by atoms with Gasteiger partial charge in [-0.2, -0.15) is 0 Å². The Morgan fingerprint density at radius 3 is 2.59 bits per heavy atom. The highest BCUT2D eigenvalue weighted by Crippen LogP contribution is 2.46. The molecule has 0 amide bonds. The van der Waals surface area contributed by atoms with Crippen LogP contribution in [0.4, 0.5) is 0 Å². The van der Waals surface area contributed by atoms with Gasteiger partial charge in [-0.3, -0.25) is 0 Å². The van der Waals surface area contributed by atoms with Crippen LogP contribution in [-0.4, -0.2) is 5.11 Å². The van der Waals surface area contributed by atoms with Crippen LogP contribution in [0.2, 0.25) is 0 Å². The minimum absolute atomic E-state index is 0.330. The van der Waals surface area contributed by atoms with Crippen molar-refractivity contribution >= 4 is 15.9 Å². The van der Waals surface area contributed by atoms with Crippen LogP contribution in [0, 0.1) is 11.3 Å². The molecule has 0 bridgehead atoms. The first kappa shape index (κ1) is 12.9. The lowest BCUT2D eigenvalue weighted by atomic mass is 9.66. The van der Waals surface area contributed by atoms with E-state index in [0.717, 1.165) is 10.4 Å². The van der Waals surface area contributed by atoms with E-state index >= 15 is 0 Å². The molecule has 1 unspecified atom stereocenters. The Labute approximate surface area is 112 Å². The number of phenolic OH excluding ortho intramolecular Hbond substituents is 1. The fourth-order valence-electron chi connectivity index (χ4n) is 3.38. The average molecular weight is 297 g/mol. The van der Waals surface area contributed by atoms with Gasteiger partial charge in [0.2, 0.25) is 0 Å². The first-order chi connectivity index (χ1) is 7.87. The van der Waals surface area contributed by atoms with E-state index in [1.165, 1.54) is 24.8 Å². The lowest BCUT2D eigenvalue weighted by molar-refractivity contribution is 0.168. The molecule has 0 heterocycles. The van der Waals surface area contributed by atoms with E-state index in [1.807, 2.05) is 0 Å². The molecule has 1 saturated carbocycles. The van der Waals surface area contributed by atoms with Crippen LogP contribution >= 0.6 is 15.9 Å². The molecule has 1 N–H and O–H groups in total. The van der Waals surface area contributed by atoms with Gasteiger partial charge < -0.3 is 5.11 Å². The van der Waals surface area contributed by atoms with E-state index in [9.17, 15) is 5.11 Å². The van der Waals surface area contributed by atoms with E-state index in [0.29, 0.717) is 17.1 Å². The summed E-state index contributed by atoms with van der Waals surface area (Å²) < 4.78 is 0.811. The van der Waals surface area contributed by atoms with Gasteiger partial charge >= 0.3 is 0 Å². The van der Waals surface area contributed by atoms with Crippen LogP contribution in [0.1, 0.15) is 51.5 Å². The maximum absolute atomic E-state index is 9.55. The average Bonchev–Trinajstić information content (AvgIpc) is 2.19. The summed E-state index contributed by atoms with van der Waals surface area (Å²) >= 11 is 3.41. The Morgan fingerprint density at radius 1 is 1.29 bits per heavy atom. The third-order valence-electron chi connectivity index (χ3n) is 3.83. The molecule has 2 rings (SSSR count). The number of aromatic hydroxyl groups is 1. The Morgan fingerprint density at radius 2 is 2.00 bits per heavy atom. The second-order valence-electron chi connectivity index (χ2n) is 6.32. The van der Waals surface area contributed by atoms with Crippen molar-refractivity contribution in [1.82, 2.24) is 0 Å². The van der Waals surface area contributed by atoms with Crippen LogP contribution in [0.15, 0.2) is 22.7 Å². The van der Waals surface area contributed by atoms with Gasteiger partial charge in [0.1, 0.15) is 5.75 Å². The van der Waals surface area contributed by atoms with E-state index in [-0.39, 0.29) is 0 Å². The molecule has 2 heteroatoms. The molecule has 0 radical (unpaired) electrons. The van der Waals surface area contributed by atoms with E-state index in [1.54, 1.807) is 6.07 Å². The van der Waals surface area contributed by atoms with Crippen LogP contribution < -0.4 is 0 Å². The molecule has 1 aliphatic rings. The molecule has 0 aromatic heterocycles. The van der Waals surface area contributed by atoms with Crippen molar-refractivity contribution in [1.29, 1.82) is 0 Å². The number of benzene rings is 1. The zero-order valence-electron chi connectivity index (χ0n) is 10.8. The molecule has 17 heavy (non-hydrogen) atoms. The second-order valence-corrected chi connectivity index (χ2v) is 7.18. The Bertz CT molecular complexity index is 411. The summed E-state index contributed by atoms with van der Waals surface area (Å²) in [5, 5.41) is 9.55. The smallest absolute Gasteiger partial charge is 0.129 e. The van der Waals surface area contributed by atoms with Gasteiger partial charge in [-0.1, -0.05) is 26.8 Å². The molecule has 1 aromatic carbocycles. The van der Waals surface area contributed by atoms with Gasteiger partial charge in [-0.15, -0.1) is 0 Å². The van der Waals surface area contributed by atoms with Crippen molar-refractivity contribution in [3.05, 3.63) is 28.2 Å². The molecule has 0 spiro atoms. The summed E-state index contributed by atoms with van der Waals surface area (Å²) in [6.45, 7) is 7.08. The van der Waals surface area contributed by atoms with E-state index in [4.69, 9.17) is 0 Å². The predicted molar refractivity (Wildman–Crippen MR) is 75.3 cm³/mol. The molecule has 1 nitrogen and oxygen atoms in total. The van der Waals surface area contributed by atoms with Gasteiger partial charge in [0.05, 0.1) is 4.47 Å². The standard InChI is InChI=1S/C15H21BrO/c1-10-6-12(9-15(2,3)8-10)11-4-5-14(17)13(16)7-11/h4-5,7,10,12,17H,6,8-9H2,1-3H3/t10?,12-/m0/s1. The highest BCUT2D eigenvalue weighted by molar-refractivity contribution is 9.10. The molecule has 0 saturated heterocycles. The zero-order valence-corrected chi connectivity index (χ0v) is 12.4. The molecule has 1 aromatic rings. The second kappa shape index (κ2) is 4.64. The molecular formula is C15H21BrO. The topological polar surface area (TPSA) is 20.2 Å². The summed E-state index contributed by atoms with van der Waals surface area (Å²) in [6.07, 6.45) is 3.83.